The maximum absolute atomic E-state index is 5.87. The van der Waals surface area contributed by atoms with Gasteiger partial charge in [-0.1, -0.05) is 32.0 Å². The lowest BCUT2D eigenvalue weighted by molar-refractivity contribution is 0.599. The van der Waals surface area contributed by atoms with Crippen molar-refractivity contribution < 1.29 is 0 Å². The highest BCUT2D eigenvalue weighted by molar-refractivity contribution is 7.80. The molecule has 0 aromatic carbocycles. The van der Waals surface area contributed by atoms with Crippen LogP contribution in [0.15, 0.2) is 0 Å². The first-order chi connectivity index (χ1) is 8.90. The predicted octanol–water partition coefficient (Wildman–Crippen LogP) is 2.77. The minimum absolute atomic E-state index is 0.403. The fourth-order valence-corrected chi connectivity index (χ4v) is 2.64. The smallest absolute Gasteiger partial charge is 0.137 e. The van der Waals surface area contributed by atoms with Gasteiger partial charge in [-0.05, 0) is 27.2 Å². The van der Waals surface area contributed by atoms with E-state index < -0.39 is 0 Å². The van der Waals surface area contributed by atoms with E-state index in [-0.39, 0.29) is 0 Å². The first-order valence-electron chi connectivity index (χ1n) is 7.00. The van der Waals surface area contributed by atoms with Crippen molar-refractivity contribution in [3.05, 3.63) is 11.3 Å². The normalized spacial score (nSPS) is 11.1. The molecule has 19 heavy (non-hydrogen) atoms. The van der Waals surface area contributed by atoms with Crippen molar-refractivity contribution in [2.75, 3.05) is 11.4 Å². The molecule has 1 rings (SSSR count). The molecule has 0 aliphatic heterocycles. The second-order valence-corrected chi connectivity index (χ2v) is 5.71. The van der Waals surface area contributed by atoms with E-state index >= 15 is 0 Å². The highest BCUT2D eigenvalue weighted by Crippen LogP contribution is 2.25. The summed E-state index contributed by atoms with van der Waals surface area (Å²) in [6.45, 7) is 9.58. The van der Waals surface area contributed by atoms with Crippen LogP contribution in [0.4, 0.5) is 5.82 Å². The molecule has 1 aromatic rings. The van der Waals surface area contributed by atoms with Crippen molar-refractivity contribution in [1.29, 1.82) is 0 Å². The first-order valence-corrected chi connectivity index (χ1v) is 7.41. The Bertz CT molecular complexity index is 437. The SMILES string of the molecule is CCCCCN(c1c(C(N)=S)c(C)nn1C)C(C)C. The van der Waals surface area contributed by atoms with Crippen LogP contribution in [0.2, 0.25) is 0 Å². The molecule has 108 valence electrons. The molecular weight excluding hydrogens is 256 g/mol. The molecule has 0 saturated carbocycles. The maximum Gasteiger partial charge on any atom is 0.137 e. The summed E-state index contributed by atoms with van der Waals surface area (Å²) in [7, 11) is 1.96. The Morgan fingerprint density at radius 2 is 2.05 bits per heavy atom. The second kappa shape index (κ2) is 6.89. The van der Waals surface area contributed by atoms with Crippen LogP contribution in [0.5, 0.6) is 0 Å². The van der Waals surface area contributed by atoms with Gasteiger partial charge in [0.15, 0.2) is 0 Å². The van der Waals surface area contributed by atoms with E-state index in [1.54, 1.807) is 0 Å². The molecule has 0 atom stereocenters. The summed E-state index contributed by atoms with van der Waals surface area (Å²) in [5.74, 6) is 1.05. The van der Waals surface area contributed by atoms with Crippen LogP contribution in [-0.2, 0) is 7.05 Å². The molecule has 0 amide bonds. The molecule has 0 saturated heterocycles. The molecule has 1 aromatic heterocycles. The van der Waals surface area contributed by atoms with Gasteiger partial charge in [-0.3, -0.25) is 4.68 Å². The standard InChI is InChI=1S/C14H26N4S/c1-6-7-8-9-18(10(2)3)14-12(13(15)19)11(4)16-17(14)5/h10H,6-9H2,1-5H3,(H2,15,19). The summed E-state index contributed by atoms with van der Waals surface area (Å²) in [6, 6.07) is 0.403. The van der Waals surface area contributed by atoms with Crippen LogP contribution in [0.3, 0.4) is 0 Å². The van der Waals surface area contributed by atoms with Gasteiger partial charge < -0.3 is 10.6 Å². The van der Waals surface area contributed by atoms with Crippen LogP contribution in [0, 0.1) is 6.92 Å². The number of aryl methyl sites for hydroxylation is 2. The van der Waals surface area contributed by atoms with Crippen molar-refractivity contribution in [3.63, 3.8) is 0 Å². The van der Waals surface area contributed by atoms with Crippen LogP contribution >= 0.6 is 12.2 Å². The average Bonchev–Trinajstić information content (AvgIpc) is 2.59. The van der Waals surface area contributed by atoms with Gasteiger partial charge in [-0.2, -0.15) is 5.10 Å². The molecule has 5 heteroatoms. The van der Waals surface area contributed by atoms with Gasteiger partial charge in [0.2, 0.25) is 0 Å². The lowest BCUT2D eigenvalue weighted by Crippen LogP contribution is -2.35. The zero-order chi connectivity index (χ0) is 14.6. The molecular formula is C14H26N4S. The Morgan fingerprint density at radius 3 is 2.53 bits per heavy atom. The molecule has 1 heterocycles. The maximum atomic E-state index is 5.87. The van der Waals surface area contributed by atoms with E-state index in [1.165, 1.54) is 19.3 Å². The monoisotopic (exact) mass is 282 g/mol. The Balaban J connectivity index is 3.11. The zero-order valence-electron chi connectivity index (χ0n) is 12.7. The van der Waals surface area contributed by atoms with E-state index in [1.807, 2.05) is 18.7 Å². The molecule has 0 aliphatic rings. The van der Waals surface area contributed by atoms with Gasteiger partial charge >= 0.3 is 0 Å². The van der Waals surface area contributed by atoms with Crippen LogP contribution in [0.25, 0.3) is 0 Å². The molecule has 0 unspecified atom stereocenters. The Hall–Kier alpha value is -1.10. The summed E-state index contributed by atoms with van der Waals surface area (Å²) < 4.78 is 1.90. The number of anilines is 1. The summed E-state index contributed by atoms with van der Waals surface area (Å²) in [4.78, 5) is 2.78. The molecule has 0 fully saturated rings. The average molecular weight is 282 g/mol. The fraction of sp³-hybridized carbons (Fsp3) is 0.714. The highest BCUT2D eigenvalue weighted by atomic mass is 32.1. The van der Waals surface area contributed by atoms with Crippen LogP contribution < -0.4 is 10.6 Å². The number of rotatable bonds is 7. The van der Waals surface area contributed by atoms with Crippen molar-refractivity contribution in [1.82, 2.24) is 9.78 Å². The topological polar surface area (TPSA) is 47.1 Å². The predicted molar refractivity (Wildman–Crippen MR) is 85.8 cm³/mol. The van der Waals surface area contributed by atoms with Gasteiger partial charge in [0.1, 0.15) is 10.8 Å². The van der Waals surface area contributed by atoms with Crippen LogP contribution in [-0.4, -0.2) is 27.4 Å². The largest absolute Gasteiger partial charge is 0.389 e. The van der Waals surface area contributed by atoms with Crippen LogP contribution in [0.1, 0.15) is 51.3 Å². The Labute approximate surface area is 122 Å². The van der Waals surface area contributed by atoms with E-state index in [9.17, 15) is 0 Å². The minimum Gasteiger partial charge on any atom is -0.389 e. The van der Waals surface area contributed by atoms with Crippen molar-refractivity contribution in [2.45, 2.75) is 53.0 Å². The molecule has 4 nitrogen and oxygen atoms in total. The van der Waals surface area contributed by atoms with Gasteiger partial charge in [0.05, 0.1) is 11.3 Å². The first kappa shape index (κ1) is 16.0. The summed E-state index contributed by atoms with van der Waals surface area (Å²) in [5, 5.41) is 4.47. The quantitative estimate of drug-likeness (QED) is 0.617. The number of aromatic nitrogens is 2. The fourth-order valence-electron chi connectivity index (χ4n) is 2.40. The number of hydrogen-bond acceptors (Lipinski definition) is 3. The Morgan fingerprint density at radius 1 is 1.42 bits per heavy atom. The summed E-state index contributed by atoms with van der Waals surface area (Å²) >= 11 is 5.19. The van der Waals surface area contributed by atoms with E-state index in [0.29, 0.717) is 11.0 Å². The molecule has 0 bridgehead atoms. The second-order valence-electron chi connectivity index (χ2n) is 5.27. The van der Waals surface area contributed by atoms with Crippen molar-refractivity contribution in [2.24, 2.45) is 12.8 Å². The zero-order valence-corrected chi connectivity index (χ0v) is 13.5. The van der Waals surface area contributed by atoms with E-state index in [2.05, 4.69) is 30.8 Å². The lowest BCUT2D eigenvalue weighted by atomic mass is 10.1. The minimum atomic E-state index is 0.403. The number of nitrogens with zero attached hydrogens (tertiary/aromatic N) is 3. The summed E-state index contributed by atoms with van der Waals surface area (Å²) in [6.07, 6.45) is 3.64. The molecule has 0 spiro atoms. The van der Waals surface area contributed by atoms with Gasteiger partial charge in [-0.15, -0.1) is 0 Å². The van der Waals surface area contributed by atoms with Crippen molar-refractivity contribution in [3.8, 4) is 0 Å². The van der Waals surface area contributed by atoms with Gasteiger partial charge in [-0.25, -0.2) is 0 Å². The van der Waals surface area contributed by atoms with Gasteiger partial charge in [0, 0.05) is 19.6 Å². The van der Waals surface area contributed by atoms with E-state index in [0.717, 1.165) is 23.6 Å². The third-order valence-electron chi connectivity index (χ3n) is 3.34. The lowest BCUT2D eigenvalue weighted by Gasteiger charge is -2.29. The highest BCUT2D eigenvalue weighted by Gasteiger charge is 2.22. The number of unbranched alkanes of at least 4 members (excludes halogenated alkanes) is 2. The third kappa shape index (κ3) is 3.69. The Kier molecular flexibility index (Phi) is 5.79. The number of hydrogen-bond donors (Lipinski definition) is 1. The van der Waals surface area contributed by atoms with Gasteiger partial charge in [0.25, 0.3) is 0 Å². The molecule has 2 N–H and O–H groups in total. The summed E-state index contributed by atoms with van der Waals surface area (Å²) in [5.41, 5.74) is 7.70. The number of nitrogens with two attached hydrogens (primary N) is 1. The molecule has 0 radical (unpaired) electrons. The third-order valence-corrected chi connectivity index (χ3v) is 3.54. The van der Waals surface area contributed by atoms with E-state index in [4.69, 9.17) is 18.0 Å². The number of thiocarbonyl (C=S) groups is 1. The van der Waals surface area contributed by atoms with Crippen molar-refractivity contribution >= 4 is 23.0 Å². The molecule has 0 aliphatic carbocycles.